The van der Waals surface area contributed by atoms with E-state index in [1.54, 1.807) is 6.07 Å². The van der Waals surface area contributed by atoms with Crippen LogP contribution in [-0.4, -0.2) is 34.6 Å². The number of hydrogen-bond donors (Lipinski definition) is 2. The van der Waals surface area contributed by atoms with Crippen molar-refractivity contribution in [2.24, 2.45) is 0 Å². The molecule has 1 heterocycles. The maximum Gasteiger partial charge on any atom is 0.271 e. The number of rotatable bonds is 8. The van der Waals surface area contributed by atoms with Gasteiger partial charge in [-0.3, -0.25) is 10.1 Å². The summed E-state index contributed by atoms with van der Waals surface area (Å²) in [5.74, 6) is 0.597. The third-order valence-corrected chi connectivity index (χ3v) is 2.86. The molecule has 0 fully saturated rings. The number of aromatic amines is 1. The van der Waals surface area contributed by atoms with Crippen molar-refractivity contribution in [3.8, 4) is 0 Å². The smallest absolute Gasteiger partial charge is 0.271 e. The number of aromatic nitrogens is 2. The first-order valence-corrected chi connectivity index (χ1v) is 6.66. The molecule has 0 bridgehead atoms. The molecule has 0 saturated heterocycles. The van der Waals surface area contributed by atoms with E-state index in [1.807, 2.05) is 0 Å². The fourth-order valence-electron chi connectivity index (χ4n) is 1.78. The number of H-pyrrole nitrogens is 1. The SMILES string of the molecule is CCCCOCCNc1nc2ccc([N+](=O)[O-])cc2[nH]1. The number of fused-ring (bicyclic) bond motifs is 1. The maximum absolute atomic E-state index is 10.7. The van der Waals surface area contributed by atoms with E-state index >= 15 is 0 Å². The molecule has 0 unspecified atom stereocenters. The average Bonchev–Trinajstić information content (AvgIpc) is 2.84. The van der Waals surface area contributed by atoms with Crippen LogP contribution in [0.3, 0.4) is 0 Å². The molecule has 20 heavy (non-hydrogen) atoms. The van der Waals surface area contributed by atoms with Gasteiger partial charge in [0.25, 0.3) is 5.69 Å². The van der Waals surface area contributed by atoms with E-state index in [9.17, 15) is 10.1 Å². The number of imidazole rings is 1. The zero-order valence-electron chi connectivity index (χ0n) is 11.4. The van der Waals surface area contributed by atoms with Crippen LogP contribution in [0.4, 0.5) is 11.6 Å². The molecule has 0 radical (unpaired) electrons. The molecule has 1 aromatic carbocycles. The van der Waals surface area contributed by atoms with Gasteiger partial charge in [0.05, 0.1) is 22.6 Å². The second kappa shape index (κ2) is 6.85. The Morgan fingerprint density at radius 1 is 1.45 bits per heavy atom. The van der Waals surface area contributed by atoms with E-state index in [0.29, 0.717) is 30.1 Å². The first-order chi connectivity index (χ1) is 9.70. The first kappa shape index (κ1) is 14.3. The summed E-state index contributed by atoms with van der Waals surface area (Å²) in [6.07, 6.45) is 2.18. The standard InChI is InChI=1S/C13H18N4O3/c1-2-3-7-20-8-6-14-13-15-11-5-4-10(17(18)19)9-12(11)16-13/h4-5,9H,2-3,6-8H2,1H3,(H2,14,15,16). The Morgan fingerprint density at radius 3 is 3.05 bits per heavy atom. The van der Waals surface area contributed by atoms with Gasteiger partial charge >= 0.3 is 0 Å². The minimum Gasteiger partial charge on any atom is -0.380 e. The van der Waals surface area contributed by atoms with E-state index < -0.39 is 4.92 Å². The molecule has 2 aromatic rings. The number of nitro groups is 1. The highest BCUT2D eigenvalue weighted by molar-refractivity contribution is 5.79. The van der Waals surface area contributed by atoms with Crippen LogP contribution in [0.1, 0.15) is 19.8 Å². The van der Waals surface area contributed by atoms with Gasteiger partial charge in [-0.1, -0.05) is 13.3 Å². The normalized spacial score (nSPS) is 10.8. The molecular weight excluding hydrogens is 260 g/mol. The quantitative estimate of drug-likeness (QED) is 0.440. The second-order valence-corrected chi connectivity index (χ2v) is 4.44. The number of benzene rings is 1. The van der Waals surface area contributed by atoms with Crippen LogP contribution in [0.15, 0.2) is 18.2 Å². The Hall–Kier alpha value is -2.15. The Bertz CT molecular complexity index is 582. The van der Waals surface area contributed by atoms with E-state index in [-0.39, 0.29) is 5.69 Å². The summed E-state index contributed by atoms with van der Waals surface area (Å²) in [6, 6.07) is 4.55. The molecule has 0 aliphatic heterocycles. The first-order valence-electron chi connectivity index (χ1n) is 6.66. The predicted octanol–water partition coefficient (Wildman–Crippen LogP) is 2.70. The van der Waals surface area contributed by atoms with E-state index in [2.05, 4.69) is 22.2 Å². The highest BCUT2D eigenvalue weighted by Crippen LogP contribution is 2.20. The summed E-state index contributed by atoms with van der Waals surface area (Å²) in [5, 5.41) is 13.8. The van der Waals surface area contributed by atoms with Crippen LogP contribution >= 0.6 is 0 Å². The predicted molar refractivity (Wildman–Crippen MR) is 77.0 cm³/mol. The molecule has 7 nitrogen and oxygen atoms in total. The number of nitrogens with zero attached hydrogens (tertiary/aromatic N) is 2. The van der Waals surface area contributed by atoms with Crippen molar-refractivity contribution in [1.82, 2.24) is 9.97 Å². The fraction of sp³-hybridized carbons (Fsp3) is 0.462. The number of nitrogens with one attached hydrogen (secondary N) is 2. The minimum atomic E-state index is -0.422. The van der Waals surface area contributed by atoms with Crippen LogP contribution in [-0.2, 0) is 4.74 Å². The van der Waals surface area contributed by atoms with Gasteiger partial charge in [-0.25, -0.2) is 4.98 Å². The van der Waals surface area contributed by atoms with E-state index in [1.165, 1.54) is 12.1 Å². The number of nitro benzene ring substituents is 1. The third-order valence-electron chi connectivity index (χ3n) is 2.86. The number of non-ortho nitro benzene ring substituents is 1. The van der Waals surface area contributed by atoms with Gasteiger partial charge < -0.3 is 15.0 Å². The zero-order chi connectivity index (χ0) is 14.4. The summed E-state index contributed by atoms with van der Waals surface area (Å²) in [5.41, 5.74) is 1.40. The largest absolute Gasteiger partial charge is 0.380 e. The topological polar surface area (TPSA) is 93.1 Å². The molecule has 0 spiro atoms. The average molecular weight is 278 g/mol. The summed E-state index contributed by atoms with van der Waals surface area (Å²) >= 11 is 0. The van der Waals surface area contributed by atoms with Gasteiger partial charge in [0.2, 0.25) is 5.95 Å². The fourth-order valence-corrected chi connectivity index (χ4v) is 1.78. The highest BCUT2D eigenvalue weighted by atomic mass is 16.6. The van der Waals surface area contributed by atoms with Crippen LogP contribution < -0.4 is 5.32 Å². The zero-order valence-corrected chi connectivity index (χ0v) is 11.4. The molecule has 2 rings (SSSR count). The van der Waals surface area contributed by atoms with Crippen molar-refractivity contribution in [3.63, 3.8) is 0 Å². The summed E-state index contributed by atoms with van der Waals surface area (Å²) in [6.45, 7) is 4.14. The lowest BCUT2D eigenvalue weighted by molar-refractivity contribution is -0.384. The van der Waals surface area contributed by atoms with Gasteiger partial charge in [0.15, 0.2) is 0 Å². The van der Waals surface area contributed by atoms with E-state index in [4.69, 9.17) is 4.74 Å². The van der Waals surface area contributed by atoms with Crippen molar-refractivity contribution < 1.29 is 9.66 Å². The maximum atomic E-state index is 10.7. The van der Waals surface area contributed by atoms with Gasteiger partial charge in [-0.2, -0.15) is 0 Å². The van der Waals surface area contributed by atoms with Crippen molar-refractivity contribution in [2.75, 3.05) is 25.1 Å². The number of unbranched alkanes of at least 4 members (excludes halogenated alkanes) is 1. The molecule has 0 saturated carbocycles. The Balaban J connectivity index is 1.89. The van der Waals surface area contributed by atoms with Crippen molar-refractivity contribution in [1.29, 1.82) is 0 Å². The van der Waals surface area contributed by atoms with Gasteiger partial charge in [-0.15, -0.1) is 0 Å². The summed E-state index contributed by atoms with van der Waals surface area (Å²) in [7, 11) is 0. The third kappa shape index (κ3) is 3.67. The molecule has 0 amide bonds. The molecule has 0 atom stereocenters. The summed E-state index contributed by atoms with van der Waals surface area (Å²) in [4.78, 5) is 17.6. The lowest BCUT2D eigenvalue weighted by Crippen LogP contribution is -2.10. The molecule has 7 heteroatoms. The summed E-state index contributed by atoms with van der Waals surface area (Å²) < 4.78 is 5.43. The molecule has 2 N–H and O–H groups in total. The lowest BCUT2D eigenvalue weighted by Gasteiger charge is -2.03. The van der Waals surface area contributed by atoms with E-state index in [0.717, 1.165) is 19.4 Å². The van der Waals surface area contributed by atoms with Crippen molar-refractivity contribution >= 4 is 22.7 Å². The van der Waals surface area contributed by atoms with Gasteiger partial charge in [0.1, 0.15) is 0 Å². The van der Waals surface area contributed by atoms with Crippen LogP contribution in [0, 0.1) is 10.1 Å². The van der Waals surface area contributed by atoms with Crippen LogP contribution in [0.2, 0.25) is 0 Å². The number of hydrogen-bond acceptors (Lipinski definition) is 5. The number of ether oxygens (including phenoxy) is 1. The van der Waals surface area contributed by atoms with Crippen molar-refractivity contribution in [3.05, 3.63) is 28.3 Å². The Labute approximate surface area is 116 Å². The number of anilines is 1. The minimum absolute atomic E-state index is 0.0515. The monoisotopic (exact) mass is 278 g/mol. The Morgan fingerprint density at radius 2 is 2.30 bits per heavy atom. The molecule has 0 aliphatic rings. The van der Waals surface area contributed by atoms with Crippen molar-refractivity contribution in [2.45, 2.75) is 19.8 Å². The molecular formula is C13H18N4O3. The van der Waals surface area contributed by atoms with Crippen LogP contribution in [0.25, 0.3) is 11.0 Å². The molecule has 0 aliphatic carbocycles. The molecule has 1 aromatic heterocycles. The highest BCUT2D eigenvalue weighted by Gasteiger charge is 2.09. The van der Waals surface area contributed by atoms with Gasteiger partial charge in [0, 0.05) is 25.3 Å². The second-order valence-electron chi connectivity index (χ2n) is 4.44. The van der Waals surface area contributed by atoms with Gasteiger partial charge in [-0.05, 0) is 12.5 Å². The molecule has 108 valence electrons. The van der Waals surface area contributed by atoms with Crippen LogP contribution in [0.5, 0.6) is 0 Å². The lowest BCUT2D eigenvalue weighted by atomic mass is 10.3. The Kier molecular flexibility index (Phi) is 4.89.